The number of aliphatic carboxylic acids is 1. The lowest BCUT2D eigenvalue weighted by Gasteiger charge is -2.30. The Bertz CT molecular complexity index is 283. The molecule has 0 aromatic rings. The van der Waals surface area contributed by atoms with Crippen molar-refractivity contribution in [3.63, 3.8) is 0 Å². The standard InChI is InChI=1S/C12H20N2O3/c1-2-3-4-7-13-12(17)14-8-5-10(6-9-14)11(15)16/h2,10H,1,3-9H2,(H,13,17)(H,15,16). The Hall–Kier alpha value is -1.52. The van der Waals surface area contributed by atoms with E-state index in [0.29, 0.717) is 32.5 Å². The average molecular weight is 240 g/mol. The Balaban J connectivity index is 2.21. The first-order valence-corrected chi connectivity index (χ1v) is 6.01. The number of hydrogen-bond acceptors (Lipinski definition) is 2. The van der Waals surface area contributed by atoms with Crippen molar-refractivity contribution >= 4 is 12.0 Å². The summed E-state index contributed by atoms with van der Waals surface area (Å²) >= 11 is 0. The molecule has 0 saturated carbocycles. The number of unbranched alkanes of at least 4 members (excludes halogenated alkanes) is 1. The molecule has 0 atom stereocenters. The van der Waals surface area contributed by atoms with E-state index in [0.717, 1.165) is 12.8 Å². The highest BCUT2D eigenvalue weighted by Gasteiger charge is 2.26. The molecule has 2 N–H and O–H groups in total. The second kappa shape index (κ2) is 6.93. The van der Waals surface area contributed by atoms with Gasteiger partial charge in [-0.1, -0.05) is 6.08 Å². The summed E-state index contributed by atoms with van der Waals surface area (Å²) in [5, 5.41) is 11.7. The van der Waals surface area contributed by atoms with Crippen LogP contribution in [0.1, 0.15) is 25.7 Å². The summed E-state index contributed by atoms with van der Waals surface area (Å²) in [6.07, 6.45) is 4.71. The summed E-state index contributed by atoms with van der Waals surface area (Å²) in [6.45, 7) is 5.32. The van der Waals surface area contributed by atoms with E-state index in [1.807, 2.05) is 6.08 Å². The van der Waals surface area contributed by atoms with Gasteiger partial charge in [0.2, 0.25) is 0 Å². The minimum Gasteiger partial charge on any atom is -0.481 e. The van der Waals surface area contributed by atoms with Crippen LogP contribution >= 0.6 is 0 Å². The third-order valence-corrected chi connectivity index (χ3v) is 2.99. The molecule has 2 amide bonds. The number of carbonyl (C=O) groups is 2. The SMILES string of the molecule is C=CCCCNC(=O)N1CCC(C(=O)O)CC1. The molecule has 0 aromatic carbocycles. The van der Waals surface area contributed by atoms with Crippen LogP contribution < -0.4 is 5.32 Å². The molecule has 0 unspecified atom stereocenters. The molecule has 0 radical (unpaired) electrons. The molecule has 0 aromatic heterocycles. The molecule has 0 bridgehead atoms. The van der Waals surface area contributed by atoms with E-state index < -0.39 is 5.97 Å². The molecular formula is C12H20N2O3. The van der Waals surface area contributed by atoms with Crippen LogP contribution in [-0.4, -0.2) is 41.6 Å². The third kappa shape index (κ3) is 4.46. The topological polar surface area (TPSA) is 69.6 Å². The predicted octanol–water partition coefficient (Wildman–Crippen LogP) is 1.46. The Kier molecular flexibility index (Phi) is 5.52. The fourth-order valence-electron chi connectivity index (χ4n) is 1.88. The zero-order valence-corrected chi connectivity index (χ0v) is 10.0. The summed E-state index contributed by atoms with van der Waals surface area (Å²) < 4.78 is 0. The average Bonchev–Trinajstić information content (AvgIpc) is 2.34. The first kappa shape index (κ1) is 13.5. The highest BCUT2D eigenvalue weighted by molar-refractivity contribution is 5.75. The molecule has 1 heterocycles. The number of carboxylic acids is 1. The van der Waals surface area contributed by atoms with E-state index >= 15 is 0 Å². The van der Waals surface area contributed by atoms with Crippen LogP contribution in [0.5, 0.6) is 0 Å². The van der Waals surface area contributed by atoms with Crippen molar-refractivity contribution in [2.75, 3.05) is 19.6 Å². The Morgan fingerprint density at radius 2 is 2.06 bits per heavy atom. The molecular weight excluding hydrogens is 220 g/mol. The molecule has 0 spiro atoms. The monoisotopic (exact) mass is 240 g/mol. The quantitative estimate of drug-likeness (QED) is 0.564. The number of piperidine rings is 1. The van der Waals surface area contributed by atoms with Crippen LogP contribution in [0.2, 0.25) is 0 Å². The number of likely N-dealkylation sites (tertiary alicyclic amines) is 1. The van der Waals surface area contributed by atoms with E-state index in [1.165, 1.54) is 0 Å². The lowest BCUT2D eigenvalue weighted by atomic mass is 9.97. The highest BCUT2D eigenvalue weighted by atomic mass is 16.4. The van der Waals surface area contributed by atoms with Gasteiger partial charge in [0.25, 0.3) is 0 Å². The van der Waals surface area contributed by atoms with Gasteiger partial charge in [-0.25, -0.2) is 4.79 Å². The van der Waals surface area contributed by atoms with Gasteiger partial charge in [0.05, 0.1) is 5.92 Å². The lowest BCUT2D eigenvalue weighted by Crippen LogP contribution is -2.45. The largest absolute Gasteiger partial charge is 0.481 e. The summed E-state index contributed by atoms with van der Waals surface area (Å²) in [6, 6.07) is -0.0853. The summed E-state index contributed by atoms with van der Waals surface area (Å²) in [5.74, 6) is -1.05. The van der Waals surface area contributed by atoms with Crippen molar-refractivity contribution in [3.8, 4) is 0 Å². The number of rotatable bonds is 5. The van der Waals surface area contributed by atoms with Gasteiger partial charge < -0.3 is 15.3 Å². The fourth-order valence-corrected chi connectivity index (χ4v) is 1.88. The van der Waals surface area contributed by atoms with Gasteiger partial charge in [0.1, 0.15) is 0 Å². The maximum Gasteiger partial charge on any atom is 0.317 e. The van der Waals surface area contributed by atoms with Crippen molar-refractivity contribution in [3.05, 3.63) is 12.7 Å². The van der Waals surface area contributed by atoms with E-state index in [1.54, 1.807) is 4.90 Å². The van der Waals surface area contributed by atoms with Gasteiger partial charge >= 0.3 is 12.0 Å². The number of urea groups is 1. The zero-order chi connectivity index (χ0) is 12.7. The third-order valence-electron chi connectivity index (χ3n) is 2.99. The number of hydrogen-bond donors (Lipinski definition) is 2. The molecule has 1 rings (SSSR count). The maximum atomic E-state index is 11.7. The molecule has 0 aliphatic carbocycles. The van der Waals surface area contributed by atoms with Gasteiger partial charge in [-0.05, 0) is 25.7 Å². The zero-order valence-electron chi connectivity index (χ0n) is 10.0. The Labute approximate surface area is 101 Å². The molecule has 5 nitrogen and oxygen atoms in total. The van der Waals surface area contributed by atoms with Crippen LogP contribution in [0.3, 0.4) is 0 Å². The van der Waals surface area contributed by atoms with Gasteiger partial charge in [0.15, 0.2) is 0 Å². The van der Waals surface area contributed by atoms with Crippen LogP contribution in [-0.2, 0) is 4.79 Å². The minimum absolute atomic E-state index is 0.0853. The van der Waals surface area contributed by atoms with E-state index in [4.69, 9.17) is 5.11 Å². The Morgan fingerprint density at radius 1 is 1.41 bits per heavy atom. The van der Waals surface area contributed by atoms with E-state index in [2.05, 4.69) is 11.9 Å². The first-order valence-electron chi connectivity index (χ1n) is 6.01. The number of carboxylic acid groups (broad SMARTS) is 1. The van der Waals surface area contributed by atoms with Crippen LogP contribution in [0.4, 0.5) is 4.79 Å². The molecule has 17 heavy (non-hydrogen) atoms. The number of amides is 2. The molecule has 1 fully saturated rings. The molecule has 1 aliphatic rings. The van der Waals surface area contributed by atoms with Gasteiger partial charge in [-0.15, -0.1) is 6.58 Å². The van der Waals surface area contributed by atoms with Crippen LogP contribution in [0.25, 0.3) is 0 Å². The van der Waals surface area contributed by atoms with Crippen molar-refractivity contribution < 1.29 is 14.7 Å². The molecule has 96 valence electrons. The number of carbonyl (C=O) groups excluding carboxylic acids is 1. The van der Waals surface area contributed by atoms with Gasteiger partial charge in [0, 0.05) is 19.6 Å². The summed E-state index contributed by atoms with van der Waals surface area (Å²) in [5.41, 5.74) is 0. The minimum atomic E-state index is -0.754. The predicted molar refractivity (Wildman–Crippen MR) is 64.8 cm³/mol. The van der Waals surface area contributed by atoms with Crippen molar-refractivity contribution in [2.45, 2.75) is 25.7 Å². The summed E-state index contributed by atoms with van der Waals surface area (Å²) in [4.78, 5) is 24.1. The van der Waals surface area contributed by atoms with Crippen molar-refractivity contribution in [1.82, 2.24) is 10.2 Å². The normalized spacial score (nSPS) is 16.6. The number of nitrogens with zero attached hydrogens (tertiary/aromatic N) is 1. The smallest absolute Gasteiger partial charge is 0.317 e. The van der Waals surface area contributed by atoms with Gasteiger partial charge in [-0.2, -0.15) is 0 Å². The Morgan fingerprint density at radius 3 is 2.59 bits per heavy atom. The van der Waals surface area contributed by atoms with Crippen molar-refractivity contribution in [2.24, 2.45) is 5.92 Å². The molecule has 1 aliphatic heterocycles. The van der Waals surface area contributed by atoms with Gasteiger partial charge in [-0.3, -0.25) is 4.79 Å². The first-order chi connectivity index (χ1) is 8.15. The van der Waals surface area contributed by atoms with E-state index in [-0.39, 0.29) is 11.9 Å². The second-order valence-electron chi connectivity index (χ2n) is 4.26. The van der Waals surface area contributed by atoms with Crippen molar-refractivity contribution in [1.29, 1.82) is 0 Å². The summed E-state index contributed by atoms with van der Waals surface area (Å²) in [7, 11) is 0. The highest BCUT2D eigenvalue weighted by Crippen LogP contribution is 2.17. The second-order valence-corrected chi connectivity index (χ2v) is 4.26. The van der Waals surface area contributed by atoms with E-state index in [9.17, 15) is 9.59 Å². The molecule has 1 saturated heterocycles. The van der Waals surface area contributed by atoms with Crippen LogP contribution in [0.15, 0.2) is 12.7 Å². The molecule has 5 heteroatoms. The van der Waals surface area contributed by atoms with Crippen LogP contribution in [0, 0.1) is 5.92 Å². The number of nitrogens with one attached hydrogen (secondary N) is 1. The maximum absolute atomic E-state index is 11.7. The lowest BCUT2D eigenvalue weighted by molar-refractivity contribution is -0.143. The fraction of sp³-hybridized carbons (Fsp3) is 0.667. The number of allylic oxidation sites excluding steroid dienone is 1.